The Balaban J connectivity index is 1.66. The van der Waals surface area contributed by atoms with E-state index in [2.05, 4.69) is 49.6 Å². The van der Waals surface area contributed by atoms with Crippen LogP contribution in [0.25, 0.3) is 11.0 Å². The predicted octanol–water partition coefficient (Wildman–Crippen LogP) is 6.05. The highest BCUT2D eigenvalue weighted by Gasteiger charge is 2.21. The van der Waals surface area contributed by atoms with E-state index in [4.69, 9.17) is 4.98 Å². The van der Waals surface area contributed by atoms with E-state index in [1.165, 1.54) is 11.1 Å². The van der Waals surface area contributed by atoms with Crippen molar-refractivity contribution in [1.29, 1.82) is 0 Å². The minimum absolute atomic E-state index is 0.0279. The molecule has 32 heavy (non-hydrogen) atoms. The molecule has 1 aromatic heterocycles. The van der Waals surface area contributed by atoms with Crippen LogP contribution in [0.3, 0.4) is 0 Å². The smallest absolute Gasteiger partial charge is 0.246 e. The maximum absolute atomic E-state index is 13.2. The van der Waals surface area contributed by atoms with Gasteiger partial charge in [0.2, 0.25) is 5.91 Å². The van der Waals surface area contributed by atoms with E-state index in [0.717, 1.165) is 29.0 Å². The summed E-state index contributed by atoms with van der Waals surface area (Å²) in [6.07, 6.45) is 1.08. The number of carbonyl (C=O) groups excluding carboxylic acids is 1. The van der Waals surface area contributed by atoms with Gasteiger partial charge < -0.3 is 9.47 Å². The molecule has 0 aliphatic rings. The van der Waals surface area contributed by atoms with E-state index in [1.807, 2.05) is 61.6 Å². The first kappa shape index (κ1) is 21.8. The molecule has 4 heteroatoms. The highest BCUT2D eigenvalue weighted by molar-refractivity contribution is 5.93. The van der Waals surface area contributed by atoms with Crippen molar-refractivity contribution < 1.29 is 4.79 Å². The number of nitrogens with zero attached hydrogens (tertiary/aromatic N) is 3. The van der Waals surface area contributed by atoms with E-state index in [0.29, 0.717) is 5.92 Å². The molecule has 4 aromatic rings. The number of hydrogen-bond acceptors (Lipinski definition) is 2. The van der Waals surface area contributed by atoms with Crippen LogP contribution in [0.4, 0.5) is 5.69 Å². The predicted molar refractivity (Wildman–Crippen MR) is 132 cm³/mol. The summed E-state index contributed by atoms with van der Waals surface area (Å²) in [5.41, 5.74) is 5.35. The lowest BCUT2D eigenvalue weighted by Gasteiger charge is -2.20. The Bertz CT molecular complexity index is 1190. The number of likely N-dealkylation sites (N-methyl/N-ethyl adjacent to an activating group) is 1. The van der Waals surface area contributed by atoms with E-state index in [1.54, 1.807) is 4.90 Å². The second kappa shape index (κ2) is 9.39. The molecule has 1 amide bonds. The van der Waals surface area contributed by atoms with Crippen LogP contribution in [0.2, 0.25) is 0 Å². The number of carbonyl (C=O) groups is 1. The molecule has 3 aromatic carbocycles. The van der Waals surface area contributed by atoms with E-state index < -0.39 is 0 Å². The number of aromatic nitrogens is 2. The first-order chi connectivity index (χ1) is 15.4. The van der Waals surface area contributed by atoms with Crippen LogP contribution < -0.4 is 4.90 Å². The van der Waals surface area contributed by atoms with Crippen molar-refractivity contribution in [1.82, 2.24) is 9.55 Å². The quantitative estimate of drug-likeness (QED) is 0.361. The summed E-state index contributed by atoms with van der Waals surface area (Å²) in [7, 11) is 1.83. The van der Waals surface area contributed by atoms with Gasteiger partial charge in [0, 0.05) is 18.7 Å². The Kier molecular flexibility index (Phi) is 6.40. The Morgan fingerprint density at radius 2 is 1.56 bits per heavy atom. The molecular weight excluding hydrogens is 394 g/mol. The number of imidazole rings is 1. The molecular formula is C28H31N3O. The number of amides is 1. The molecule has 4 rings (SSSR count). The number of fused-ring (bicyclic) bond motifs is 1. The second-order valence-corrected chi connectivity index (χ2v) is 8.89. The van der Waals surface area contributed by atoms with Crippen molar-refractivity contribution in [2.75, 3.05) is 11.9 Å². The third kappa shape index (κ3) is 4.59. The second-order valence-electron chi connectivity index (χ2n) is 8.89. The van der Waals surface area contributed by atoms with Gasteiger partial charge in [0.05, 0.1) is 11.0 Å². The summed E-state index contributed by atoms with van der Waals surface area (Å²) in [5.74, 6) is 1.65. The largest absolute Gasteiger partial charge is 0.318 e. The molecule has 0 aliphatic carbocycles. The lowest BCUT2D eigenvalue weighted by atomic mass is 9.96. The lowest BCUT2D eigenvalue weighted by Crippen LogP contribution is -2.30. The van der Waals surface area contributed by atoms with Crippen LogP contribution in [-0.2, 0) is 17.8 Å². The zero-order valence-corrected chi connectivity index (χ0v) is 19.3. The molecule has 0 fully saturated rings. The van der Waals surface area contributed by atoms with Crippen LogP contribution >= 0.6 is 0 Å². The Morgan fingerprint density at radius 3 is 2.25 bits per heavy atom. The van der Waals surface area contributed by atoms with Crippen molar-refractivity contribution in [2.45, 2.75) is 39.7 Å². The molecule has 0 aliphatic heterocycles. The minimum Gasteiger partial charge on any atom is -0.318 e. The van der Waals surface area contributed by atoms with Crippen LogP contribution in [0.1, 0.15) is 43.6 Å². The zero-order valence-electron chi connectivity index (χ0n) is 19.3. The fraction of sp³-hybridized carbons (Fsp3) is 0.286. The van der Waals surface area contributed by atoms with Crippen LogP contribution in [0.15, 0.2) is 78.9 Å². The Hall–Kier alpha value is -3.40. The average molecular weight is 426 g/mol. The molecule has 1 heterocycles. The molecule has 1 unspecified atom stereocenters. The minimum atomic E-state index is 0.0279. The summed E-state index contributed by atoms with van der Waals surface area (Å²) in [4.78, 5) is 19.8. The maximum Gasteiger partial charge on any atom is 0.246 e. The van der Waals surface area contributed by atoms with Gasteiger partial charge in [-0.2, -0.15) is 0 Å². The molecule has 0 N–H and O–H groups in total. The third-order valence-corrected chi connectivity index (χ3v) is 6.01. The molecule has 0 saturated heterocycles. The van der Waals surface area contributed by atoms with Gasteiger partial charge in [-0.3, -0.25) is 4.79 Å². The molecule has 0 bridgehead atoms. The average Bonchev–Trinajstić information content (AvgIpc) is 3.17. The van der Waals surface area contributed by atoms with Gasteiger partial charge in [0.25, 0.3) is 0 Å². The van der Waals surface area contributed by atoms with Crippen molar-refractivity contribution in [3.05, 3.63) is 95.8 Å². The Labute approximate surface area is 190 Å². The first-order valence-electron chi connectivity index (χ1n) is 11.3. The van der Waals surface area contributed by atoms with Gasteiger partial charge in [0.15, 0.2) is 0 Å². The monoisotopic (exact) mass is 425 g/mol. The number of rotatable bonds is 7. The van der Waals surface area contributed by atoms with Gasteiger partial charge in [-0.25, -0.2) is 4.98 Å². The molecule has 164 valence electrons. The van der Waals surface area contributed by atoms with Crippen LogP contribution in [0, 0.1) is 5.92 Å². The normalized spacial score (nSPS) is 12.3. The molecule has 1 atom stereocenters. The lowest BCUT2D eigenvalue weighted by molar-refractivity contribution is -0.118. The molecule has 0 radical (unpaired) electrons. The molecule has 0 saturated carbocycles. The Morgan fingerprint density at radius 1 is 0.906 bits per heavy atom. The van der Waals surface area contributed by atoms with Gasteiger partial charge >= 0.3 is 0 Å². The SMILES string of the molecule is CC(C)Cc1ccc(C(C)c2nc3ccccc3n2CC(=O)N(C)c2ccccc2)cc1. The van der Waals surface area contributed by atoms with Crippen molar-refractivity contribution in [3.63, 3.8) is 0 Å². The van der Waals surface area contributed by atoms with E-state index in [9.17, 15) is 4.79 Å². The van der Waals surface area contributed by atoms with Gasteiger partial charge in [-0.05, 0) is 47.7 Å². The van der Waals surface area contributed by atoms with Crippen molar-refractivity contribution >= 4 is 22.6 Å². The summed E-state index contributed by atoms with van der Waals surface area (Å²) >= 11 is 0. The van der Waals surface area contributed by atoms with Gasteiger partial charge in [-0.1, -0.05) is 75.4 Å². The maximum atomic E-state index is 13.2. The van der Waals surface area contributed by atoms with Crippen molar-refractivity contribution in [3.8, 4) is 0 Å². The summed E-state index contributed by atoms with van der Waals surface area (Å²) in [6, 6.07) is 26.6. The summed E-state index contributed by atoms with van der Waals surface area (Å²) in [6.45, 7) is 6.89. The number of anilines is 1. The van der Waals surface area contributed by atoms with E-state index >= 15 is 0 Å². The highest BCUT2D eigenvalue weighted by atomic mass is 16.2. The fourth-order valence-electron chi connectivity index (χ4n) is 4.19. The summed E-state index contributed by atoms with van der Waals surface area (Å²) in [5, 5.41) is 0. The van der Waals surface area contributed by atoms with Crippen LogP contribution in [-0.4, -0.2) is 22.5 Å². The number of benzene rings is 3. The first-order valence-corrected chi connectivity index (χ1v) is 11.3. The van der Waals surface area contributed by atoms with Crippen molar-refractivity contribution in [2.24, 2.45) is 5.92 Å². The van der Waals surface area contributed by atoms with Gasteiger partial charge in [0.1, 0.15) is 12.4 Å². The molecule has 4 nitrogen and oxygen atoms in total. The zero-order chi connectivity index (χ0) is 22.7. The van der Waals surface area contributed by atoms with Crippen LogP contribution in [0.5, 0.6) is 0 Å². The third-order valence-electron chi connectivity index (χ3n) is 6.01. The standard InChI is InChI=1S/C28H31N3O/c1-20(2)18-22-14-16-23(17-15-22)21(3)28-29-25-12-8-9-13-26(25)31(28)19-27(32)30(4)24-10-6-5-7-11-24/h5-17,20-21H,18-19H2,1-4H3. The topological polar surface area (TPSA) is 38.1 Å². The molecule has 0 spiro atoms. The fourth-order valence-corrected chi connectivity index (χ4v) is 4.19. The number of hydrogen-bond donors (Lipinski definition) is 0. The highest BCUT2D eigenvalue weighted by Crippen LogP contribution is 2.28. The van der Waals surface area contributed by atoms with Gasteiger partial charge in [-0.15, -0.1) is 0 Å². The summed E-state index contributed by atoms with van der Waals surface area (Å²) < 4.78 is 2.07. The van der Waals surface area contributed by atoms with E-state index in [-0.39, 0.29) is 18.4 Å². The number of para-hydroxylation sites is 3.